The van der Waals surface area contributed by atoms with Gasteiger partial charge in [0.25, 0.3) is 0 Å². The molecule has 0 saturated carbocycles. The van der Waals surface area contributed by atoms with Crippen LogP contribution in [0.25, 0.3) is 22.4 Å². The van der Waals surface area contributed by atoms with Crippen molar-refractivity contribution >= 4 is 0 Å². The first-order valence-electron chi connectivity index (χ1n) is 14.2. The Bertz CT molecular complexity index is 1910. The lowest BCUT2D eigenvalue weighted by atomic mass is 9.53. The molecular weight excluding hydrogens is 498 g/mol. The van der Waals surface area contributed by atoms with Gasteiger partial charge in [-0.05, 0) is 69.8 Å². The summed E-state index contributed by atoms with van der Waals surface area (Å²) in [6.07, 6.45) is 1.85. The molecule has 0 unspecified atom stereocenters. The second-order valence-electron chi connectivity index (χ2n) is 11.6. The molecule has 2 heterocycles. The number of benzene rings is 5. The van der Waals surface area contributed by atoms with E-state index in [1.165, 1.54) is 44.5 Å². The standard InChI is InChI=1S/C39H29NO/c1-38(2)29-14-3-4-15-30(29)39(32-16-5-7-19-36(32)41-37-20-8-6-17-33(37)39)31-22-21-27(25-34(31)38)26-12-11-13-28(24-26)35-18-9-10-23-40-35/h3-25H,1-2H3. The van der Waals surface area contributed by atoms with Crippen molar-refractivity contribution in [3.63, 3.8) is 0 Å². The van der Waals surface area contributed by atoms with E-state index in [1.54, 1.807) is 0 Å². The van der Waals surface area contributed by atoms with Crippen molar-refractivity contribution in [2.24, 2.45) is 0 Å². The second-order valence-corrected chi connectivity index (χ2v) is 11.6. The summed E-state index contributed by atoms with van der Waals surface area (Å²) in [6.45, 7) is 4.73. The highest BCUT2D eigenvalue weighted by molar-refractivity contribution is 5.78. The van der Waals surface area contributed by atoms with Crippen LogP contribution >= 0.6 is 0 Å². The van der Waals surface area contributed by atoms with Gasteiger partial charge in [-0.15, -0.1) is 0 Å². The maximum atomic E-state index is 6.53. The molecule has 6 aromatic rings. The number of rotatable bonds is 2. The van der Waals surface area contributed by atoms with Gasteiger partial charge in [0, 0.05) is 28.3 Å². The minimum atomic E-state index is -0.485. The second kappa shape index (κ2) is 8.78. The Morgan fingerprint density at radius 1 is 0.463 bits per heavy atom. The average Bonchev–Trinajstić information content (AvgIpc) is 3.03. The fourth-order valence-corrected chi connectivity index (χ4v) is 7.18. The fourth-order valence-electron chi connectivity index (χ4n) is 7.18. The molecular formula is C39H29NO. The predicted molar refractivity (Wildman–Crippen MR) is 166 cm³/mol. The lowest BCUT2D eigenvalue weighted by Gasteiger charge is -2.50. The third kappa shape index (κ3) is 3.34. The molecule has 8 rings (SSSR count). The van der Waals surface area contributed by atoms with E-state index in [0.29, 0.717) is 0 Å². The number of pyridine rings is 1. The van der Waals surface area contributed by atoms with Crippen molar-refractivity contribution in [1.82, 2.24) is 4.98 Å². The maximum Gasteiger partial charge on any atom is 0.132 e. The quantitative estimate of drug-likeness (QED) is 0.223. The molecule has 0 bridgehead atoms. The SMILES string of the molecule is CC1(C)c2ccccc2C2(c3ccccc3Oc3ccccc32)c2ccc(-c3cccc(-c4ccccn4)c3)cc21. The van der Waals surface area contributed by atoms with Gasteiger partial charge in [0.2, 0.25) is 0 Å². The van der Waals surface area contributed by atoms with E-state index in [0.717, 1.165) is 22.8 Å². The zero-order chi connectivity index (χ0) is 27.6. The van der Waals surface area contributed by atoms with E-state index in [1.807, 2.05) is 18.3 Å². The van der Waals surface area contributed by atoms with Crippen LogP contribution in [0.5, 0.6) is 11.5 Å². The summed E-state index contributed by atoms with van der Waals surface area (Å²) in [6, 6.07) is 48.0. The van der Waals surface area contributed by atoms with Crippen LogP contribution in [-0.2, 0) is 10.8 Å². The molecule has 2 nitrogen and oxygen atoms in total. The Kier molecular flexibility index (Phi) is 5.11. The molecule has 1 aliphatic carbocycles. The Labute approximate surface area is 240 Å². The molecule has 0 fully saturated rings. The first kappa shape index (κ1) is 23.9. The summed E-state index contributed by atoms with van der Waals surface area (Å²) < 4.78 is 6.53. The van der Waals surface area contributed by atoms with E-state index in [9.17, 15) is 0 Å². The molecule has 41 heavy (non-hydrogen) atoms. The number of hydrogen-bond acceptors (Lipinski definition) is 2. The van der Waals surface area contributed by atoms with Crippen LogP contribution in [0, 0.1) is 0 Å². The zero-order valence-electron chi connectivity index (χ0n) is 23.1. The van der Waals surface area contributed by atoms with Crippen molar-refractivity contribution in [2.45, 2.75) is 24.7 Å². The molecule has 196 valence electrons. The van der Waals surface area contributed by atoms with Crippen molar-refractivity contribution in [3.8, 4) is 33.9 Å². The molecule has 1 aromatic heterocycles. The Balaban J connectivity index is 1.43. The van der Waals surface area contributed by atoms with E-state index < -0.39 is 5.41 Å². The highest BCUT2D eigenvalue weighted by Gasteiger charge is 2.52. The minimum absolute atomic E-state index is 0.200. The predicted octanol–water partition coefficient (Wildman–Crippen LogP) is 9.54. The number of fused-ring (bicyclic) bond motifs is 8. The zero-order valence-corrected chi connectivity index (χ0v) is 23.1. The molecule has 0 N–H and O–H groups in total. The van der Waals surface area contributed by atoms with Gasteiger partial charge in [0.15, 0.2) is 0 Å². The molecule has 0 radical (unpaired) electrons. The minimum Gasteiger partial charge on any atom is -0.457 e. The van der Waals surface area contributed by atoms with E-state index in [2.05, 4.69) is 140 Å². The monoisotopic (exact) mass is 527 g/mol. The van der Waals surface area contributed by atoms with Crippen LogP contribution in [0.4, 0.5) is 0 Å². The number of para-hydroxylation sites is 2. The van der Waals surface area contributed by atoms with Crippen LogP contribution < -0.4 is 4.74 Å². The summed E-state index contributed by atoms with van der Waals surface area (Å²) in [5.74, 6) is 1.83. The highest BCUT2D eigenvalue weighted by Crippen LogP contribution is 2.61. The molecule has 1 aliphatic heterocycles. The van der Waals surface area contributed by atoms with Crippen molar-refractivity contribution in [2.75, 3.05) is 0 Å². The molecule has 0 saturated heterocycles. The first-order chi connectivity index (χ1) is 20.1. The normalized spacial score (nSPS) is 15.2. The van der Waals surface area contributed by atoms with Crippen LogP contribution in [0.3, 0.4) is 0 Å². The smallest absolute Gasteiger partial charge is 0.132 e. The number of nitrogens with zero attached hydrogens (tertiary/aromatic N) is 1. The molecule has 5 aromatic carbocycles. The third-order valence-electron chi connectivity index (χ3n) is 9.06. The largest absolute Gasteiger partial charge is 0.457 e. The van der Waals surface area contributed by atoms with Crippen LogP contribution in [0.15, 0.2) is 140 Å². The van der Waals surface area contributed by atoms with Gasteiger partial charge in [-0.2, -0.15) is 0 Å². The summed E-state index contributed by atoms with van der Waals surface area (Å²) in [7, 11) is 0. The average molecular weight is 528 g/mol. The number of aromatic nitrogens is 1. The van der Waals surface area contributed by atoms with Gasteiger partial charge in [-0.1, -0.05) is 111 Å². The van der Waals surface area contributed by atoms with Crippen LogP contribution in [0.1, 0.15) is 47.2 Å². The summed E-state index contributed by atoms with van der Waals surface area (Å²) >= 11 is 0. The molecule has 2 aliphatic rings. The van der Waals surface area contributed by atoms with Gasteiger partial charge in [0.05, 0.1) is 11.1 Å². The molecule has 2 heteroatoms. The molecule has 0 atom stereocenters. The topological polar surface area (TPSA) is 22.1 Å². The van der Waals surface area contributed by atoms with Crippen LogP contribution in [-0.4, -0.2) is 4.98 Å². The number of hydrogen-bond donors (Lipinski definition) is 0. The van der Waals surface area contributed by atoms with Crippen molar-refractivity contribution < 1.29 is 4.74 Å². The number of ether oxygens (including phenoxy) is 1. The van der Waals surface area contributed by atoms with Gasteiger partial charge in [-0.25, -0.2) is 0 Å². The lowest BCUT2D eigenvalue weighted by molar-refractivity contribution is 0.425. The summed E-state index contributed by atoms with van der Waals surface area (Å²) in [5.41, 5.74) is 11.5. The maximum absolute atomic E-state index is 6.53. The van der Waals surface area contributed by atoms with Gasteiger partial charge in [0.1, 0.15) is 11.5 Å². The van der Waals surface area contributed by atoms with Crippen molar-refractivity contribution in [1.29, 1.82) is 0 Å². The van der Waals surface area contributed by atoms with Gasteiger partial charge in [-0.3, -0.25) is 4.98 Å². The fraction of sp³-hybridized carbons (Fsp3) is 0.103. The highest BCUT2D eigenvalue weighted by atomic mass is 16.5. The molecule has 1 spiro atoms. The van der Waals surface area contributed by atoms with Gasteiger partial charge < -0.3 is 4.74 Å². The van der Waals surface area contributed by atoms with E-state index in [4.69, 9.17) is 4.74 Å². The summed E-state index contributed by atoms with van der Waals surface area (Å²) in [4.78, 5) is 4.59. The van der Waals surface area contributed by atoms with Crippen LogP contribution in [0.2, 0.25) is 0 Å². The summed E-state index contributed by atoms with van der Waals surface area (Å²) in [5, 5.41) is 0. The Morgan fingerprint density at radius 3 is 1.76 bits per heavy atom. The van der Waals surface area contributed by atoms with E-state index in [-0.39, 0.29) is 5.41 Å². The third-order valence-corrected chi connectivity index (χ3v) is 9.06. The lowest BCUT2D eigenvalue weighted by Crippen LogP contribution is -2.43. The van der Waals surface area contributed by atoms with Gasteiger partial charge >= 0.3 is 0 Å². The Hall–Kier alpha value is -4.95. The van der Waals surface area contributed by atoms with E-state index >= 15 is 0 Å². The Morgan fingerprint density at radius 2 is 1.05 bits per heavy atom. The van der Waals surface area contributed by atoms with Crippen molar-refractivity contribution in [3.05, 3.63) is 173 Å². The first-order valence-corrected chi connectivity index (χ1v) is 14.2. The molecule has 0 amide bonds.